The number of piperidine rings is 1. The predicted molar refractivity (Wildman–Crippen MR) is 87.1 cm³/mol. The number of anilines is 1. The maximum atomic E-state index is 12.3. The first-order chi connectivity index (χ1) is 10.4. The normalized spacial score (nSPS) is 20.2. The van der Waals surface area contributed by atoms with Crippen molar-refractivity contribution >= 4 is 21.6 Å². The summed E-state index contributed by atoms with van der Waals surface area (Å²) >= 11 is 0. The summed E-state index contributed by atoms with van der Waals surface area (Å²) in [6.07, 6.45) is 2.99. The lowest BCUT2D eigenvalue weighted by Crippen LogP contribution is -2.41. The van der Waals surface area contributed by atoms with Crippen LogP contribution in [0.5, 0.6) is 0 Å². The van der Waals surface area contributed by atoms with Gasteiger partial charge in [0.1, 0.15) is 0 Å². The van der Waals surface area contributed by atoms with E-state index < -0.39 is 10.0 Å². The minimum Gasteiger partial charge on any atom is -0.349 e. The Hall–Kier alpha value is -1.60. The number of hydrogen-bond acceptors (Lipinski definition) is 4. The molecule has 1 aliphatic heterocycles. The summed E-state index contributed by atoms with van der Waals surface area (Å²) in [5.74, 6) is -0.0138. The zero-order chi connectivity index (χ0) is 16.2. The van der Waals surface area contributed by atoms with Gasteiger partial charge in [0.2, 0.25) is 15.9 Å². The number of amides is 1. The third-order valence-electron chi connectivity index (χ3n) is 3.75. The Bertz CT molecular complexity index is 625. The highest BCUT2D eigenvalue weighted by Crippen LogP contribution is 2.24. The molecule has 0 spiro atoms. The van der Waals surface area contributed by atoms with E-state index in [9.17, 15) is 13.2 Å². The van der Waals surface area contributed by atoms with Gasteiger partial charge in [0, 0.05) is 6.54 Å². The van der Waals surface area contributed by atoms with Gasteiger partial charge in [-0.2, -0.15) is 0 Å². The van der Waals surface area contributed by atoms with Crippen LogP contribution >= 0.6 is 0 Å². The van der Waals surface area contributed by atoms with Gasteiger partial charge in [0.25, 0.3) is 0 Å². The third-order valence-corrected chi connectivity index (χ3v) is 4.34. The highest BCUT2D eigenvalue weighted by atomic mass is 32.2. The molecule has 22 heavy (non-hydrogen) atoms. The number of para-hydroxylation sites is 1. The van der Waals surface area contributed by atoms with Gasteiger partial charge >= 0.3 is 0 Å². The molecular weight excluding hydrogens is 302 g/mol. The number of nitrogens with one attached hydrogen (secondary N) is 3. The minimum absolute atomic E-state index is 0.00820. The van der Waals surface area contributed by atoms with E-state index in [0.717, 1.165) is 31.2 Å². The lowest BCUT2D eigenvalue weighted by atomic mass is 9.97. The van der Waals surface area contributed by atoms with Gasteiger partial charge in [-0.25, -0.2) is 8.42 Å². The van der Waals surface area contributed by atoms with Crippen LogP contribution < -0.4 is 15.4 Å². The van der Waals surface area contributed by atoms with Crippen LogP contribution in [0.4, 0.5) is 5.69 Å². The molecule has 0 bridgehead atoms. The maximum absolute atomic E-state index is 12.3. The standard InChI is InChI=1S/C15H23N3O3S/c1-11(17-15(19)12-6-5-9-16-10-12)13-7-3-4-8-14(13)18-22(2,20)21/h3-4,7-8,11-12,16,18H,5-6,9-10H2,1-2H3,(H,17,19). The van der Waals surface area contributed by atoms with Crippen molar-refractivity contribution in [3.05, 3.63) is 29.8 Å². The molecule has 1 amide bonds. The molecule has 7 heteroatoms. The topological polar surface area (TPSA) is 87.3 Å². The van der Waals surface area contributed by atoms with Crippen molar-refractivity contribution < 1.29 is 13.2 Å². The van der Waals surface area contributed by atoms with Crippen molar-refractivity contribution in [1.29, 1.82) is 0 Å². The first-order valence-electron chi connectivity index (χ1n) is 7.44. The average molecular weight is 325 g/mol. The fraction of sp³-hybridized carbons (Fsp3) is 0.533. The van der Waals surface area contributed by atoms with Gasteiger partial charge in [-0.1, -0.05) is 18.2 Å². The van der Waals surface area contributed by atoms with Gasteiger partial charge < -0.3 is 10.6 Å². The second-order valence-corrected chi connectivity index (χ2v) is 7.48. The SMILES string of the molecule is CC(NC(=O)C1CCCNC1)c1ccccc1NS(C)(=O)=O. The number of carbonyl (C=O) groups is 1. The van der Waals surface area contributed by atoms with Crippen LogP contribution in [0.25, 0.3) is 0 Å². The average Bonchev–Trinajstić information content (AvgIpc) is 2.47. The van der Waals surface area contributed by atoms with Crippen LogP contribution in [-0.2, 0) is 14.8 Å². The van der Waals surface area contributed by atoms with Crippen molar-refractivity contribution in [2.24, 2.45) is 5.92 Å². The van der Waals surface area contributed by atoms with Crippen molar-refractivity contribution in [1.82, 2.24) is 10.6 Å². The largest absolute Gasteiger partial charge is 0.349 e. The van der Waals surface area contributed by atoms with E-state index in [4.69, 9.17) is 0 Å². The van der Waals surface area contributed by atoms with Gasteiger partial charge in [0.05, 0.1) is 23.9 Å². The maximum Gasteiger partial charge on any atom is 0.229 e. The molecule has 122 valence electrons. The van der Waals surface area contributed by atoms with Crippen LogP contribution in [0.15, 0.2) is 24.3 Å². The Morgan fingerprint density at radius 1 is 1.36 bits per heavy atom. The molecule has 1 heterocycles. The summed E-state index contributed by atoms with van der Waals surface area (Å²) in [5.41, 5.74) is 1.25. The predicted octanol–water partition coefficient (Wildman–Crippen LogP) is 1.23. The first-order valence-corrected chi connectivity index (χ1v) is 9.34. The van der Waals surface area contributed by atoms with E-state index in [0.29, 0.717) is 12.2 Å². The number of sulfonamides is 1. The molecule has 0 aromatic heterocycles. The van der Waals surface area contributed by atoms with Crippen molar-refractivity contribution in [3.8, 4) is 0 Å². The molecule has 2 atom stereocenters. The molecule has 0 aliphatic carbocycles. The number of rotatable bonds is 5. The Morgan fingerprint density at radius 2 is 2.09 bits per heavy atom. The molecule has 0 radical (unpaired) electrons. The van der Waals surface area contributed by atoms with Gasteiger partial charge in [-0.3, -0.25) is 9.52 Å². The second kappa shape index (κ2) is 7.11. The fourth-order valence-corrected chi connectivity index (χ4v) is 3.24. The monoisotopic (exact) mass is 325 g/mol. The summed E-state index contributed by atoms with van der Waals surface area (Å²) in [7, 11) is -3.35. The Kier molecular flexibility index (Phi) is 5.42. The molecule has 1 aromatic carbocycles. The number of hydrogen-bond donors (Lipinski definition) is 3. The molecule has 1 fully saturated rings. The summed E-state index contributed by atoms with van der Waals surface area (Å²) in [4.78, 5) is 12.3. The smallest absolute Gasteiger partial charge is 0.229 e. The van der Waals surface area contributed by atoms with Crippen molar-refractivity contribution in [3.63, 3.8) is 0 Å². The van der Waals surface area contributed by atoms with Crippen molar-refractivity contribution in [2.75, 3.05) is 24.1 Å². The summed E-state index contributed by atoms with van der Waals surface area (Å²) in [6, 6.07) is 6.84. The quantitative estimate of drug-likeness (QED) is 0.760. The van der Waals surface area contributed by atoms with Crippen molar-refractivity contribution in [2.45, 2.75) is 25.8 Å². The van der Waals surface area contributed by atoms with E-state index in [1.165, 1.54) is 0 Å². The van der Waals surface area contributed by atoms with Gasteiger partial charge in [0.15, 0.2) is 0 Å². The summed E-state index contributed by atoms with van der Waals surface area (Å²) in [6.45, 7) is 3.51. The minimum atomic E-state index is -3.35. The van der Waals surface area contributed by atoms with E-state index in [-0.39, 0.29) is 17.9 Å². The third kappa shape index (κ3) is 4.71. The first kappa shape index (κ1) is 16.8. The molecule has 1 aromatic rings. The van der Waals surface area contributed by atoms with Crippen LogP contribution in [0.3, 0.4) is 0 Å². The highest BCUT2D eigenvalue weighted by molar-refractivity contribution is 7.92. The molecule has 3 N–H and O–H groups in total. The molecule has 0 saturated carbocycles. The van der Waals surface area contributed by atoms with E-state index in [1.54, 1.807) is 12.1 Å². The van der Waals surface area contributed by atoms with E-state index in [2.05, 4.69) is 15.4 Å². The number of carbonyl (C=O) groups excluding carboxylic acids is 1. The Morgan fingerprint density at radius 3 is 2.73 bits per heavy atom. The lowest BCUT2D eigenvalue weighted by Gasteiger charge is -2.25. The van der Waals surface area contributed by atoms with Crippen LogP contribution in [0, 0.1) is 5.92 Å². The molecule has 1 aliphatic rings. The van der Waals surface area contributed by atoms with Gasteiger partial charge in [-0.05, 0) is 37.9 Å². The lowest BCUT2D eigenvalue weighted by molar-refractivity contribution is -0.126. The zero-order valence-corrected chi connectivity index (χ0v) is 13.7. The molecule has 1 saturated heterocycles. The summed E-state index contributed by atoms with van der Waals surface area (Å²) in [5, 5.41) is 6.20. The number of benzene rings is 1. The van der Waals surface area contributed by atoms with E-state index in [1.807, 2.05) is 19.1 Å². The second-order valence-electron chi connectivity index (χ2n) is 5.74. The Labute approximate surface area is 131 Å². The van der Waals surface area contributed by atoms with Crippen LogP contribution in [-0.4, -0.2) is 33.7 Å². The van der Waals surface area contributed by atoms with E-state index >= 15 is 0 Å². The Balaban J connectivity index is 2.08. The fourth-order valence-electron chi connectivity index (χ4n) is 2.65. The molecule has 6 nitrogen and oxygen atoms in total. The highest BCUT2D eigenvalue weighted by Gasteiger charge is 2.23. The zero-order valence-electron chi connectivity index (χ0n) is 12.9. The molecule has 2 unspecified atom stereocenters. The molecule has 2 rings (SSSR count). The van der Waals surface area contributed by atoms with Crippen LogP contribution in [0.2, 0.25) is 0 Å². The summed E-state index contributed by atoms with van der Waals surface area (Å²) < 4.78 is 25.4. The van der Waals surface area contributed by atoms with Crippen LogP contribution in [0.1, 0.15) is 31.4 Å². The van der Waals surface area contributed by atoms with Gasteiger partial charge in [-0.15, -0.1) is 0 Å². The molecular formula is C15H23N3O3S.